The van der Waals surface area contributed by atoms with E-state index in [-0.39, 0.29) is 0 Å². The van der Waals surface area contributed by atoms with Crippen LogP contribution in [0, 0.1) is 0 Å². The first kappa shape index (κ1) is 11.3. The fourth-order valence-corrected chi connectivity index (χ4v) is 1.03. The van der Waals surface area contributed by atoms with Gasteiger partial charge in [-0.2, -0.15) is 0 Å². The molecule has 0 aliphatic carbocycles. The second-order valence-corrected chi connectivity index (χ2v) is 3.13. The molecular weight excluding hydrogens is 198 g/mol. The van der Waals surface area contributed by atoms with Gasteiger partial charge < -0.3 is 20.3 Å². The summed E-state index contributed by atoms with van der Waals surface area (Å²) in [5.41, 5.74) is 6.01. The lowest BCUT2D eigenvalue weighted by Crippen LogP contribution is -2.50. The van der Waals surface area contributed by atoms with Gasteiger partial charge in [-0.05, 0) is 31.2 Å². The second-order valence-electron chi connectivity index (χ2n) is 3.13. The molecule has 5 heteroatoms. The molecule has 0 spiro atoms. The molecule has 0 aliphatic heterocycles. The summed E-state index contributed by atoms with van der Waals surface area (Å²) < 4.78 is 9.34. The van der Waals surface area contributed by atoms with Crippen molar-refractivity contribution in [3.05, 3.63) is 24.3 Å². The van der Waals surface area contributed by atoms with Crippen LogP contribution in [0.2, 0.25) is 0 Å². The second kappa shape index (κ2) is 4.18. The van der Waals surface area contributed by atoms with Crippen LogP contribution in [-0.2, 0) is 9.53 Å². The van der Waals surface area contributed by atoms with Crippen LogP contribution in [0.4, 0.5) is 5.69 Å². The average Bonchev–Trinajstić information content (AvgIpc) is 2.06. The van der Waals surface area contributed by atoms with Crippen LogP contribution in [0.5, 0.6) is 5.75 Å². The van der Waals surface area contributed by atoms with Crippen molar-refractivity contribution in [3.63, 3.8) is 0 Å². The zero-order valence-corrected chi connectivity index (χ0v) is 8.52. The number of anilines is 1. The van der Waals surface area contributed by atoms with Gasteiger partial charge in [0.2, 0.25) is 0 Å². The minimum Gasteiger partial charge on any atom is -0.786 e. The van der Waals surface area contributed by atoms with Crippen LogP contribution < -0.4 is 15.6 Å². The topological polar surface area (TPSA) is 84.6 Å². The van der Waals surface area contributed by atoms with Gasteiger partial charge in [-0.3, -0.25) is 4.79 Å². The molecule has 1 atom stereocenters. The molecule has 2 N–H and O–H groups in total. The van der Waals surface area contributed by atoms with Crippen molar-refractivity contribution in [2.45, 2.75) is 19.8 Å². The van der Waals surface area contributed by atoms with Gasteiger partial charge in [0, 0.05) is 12.6 Å². The van der Waals surface area contributed by atoms with E-state index in [9.17, 15) is 9.90 Å². The van der Waals surface area contributed by atoms with E-state index < -0.39 is 11.9 Å². The third-order valence-corrected chi connectivity index (χ3v) is 1.51. The Morgan fingerprint density at radius 3 is 2.40 bits per heavy atom. The molecule has 0 aromatic heterocycles. The largest absolute Gasteiger partial charge is 0.786 e. The number of carbonyl (C=O) groups is 1. The quantitative estimate of drug-likeness (QED) is 0.439. The summed E-state index contributed by atoms with van der Waals surface area (Å²) in [6.07, 6.45) is 0. The summed E-state index contributed by atoms with van der Waals surface area (Å²) in [4.78, 5) is 10.6. The van der Waals surface area contributed by atoms with Crippen molar-refractivity contribution in [1.82, 2.24) is 0 Å². The molecule has 1 unspecified atom stereocenters. The highest BCUT2D eigenvalue weighted by molar-refractivity contribution is 5.66. The lowest BCUT2D eigenvalue weighted by atomic mass is 10.3. The molecule has 82 valence electrons. The van der Waals surface area contributed by atoms with E-state index in [2.05, 4.69) is 4.74 Å². The molecule has 5 nitrogen and oxygen atoms in total. The maximum atomic E-state index is 11.5. The Labute approximate surface area is 87.4 Å². The highest BCUT2D eigenvalue weighted by atomic mass is 16.8. The van der Waals surface area contributed by atoms with Crippen molar-refractivity contribution >= 4 is 11.7 Å². The molecule has 0 amide bonds. The number of hydrogen-bond acceptors (Lipinski definition) is 5. The van der Waals surface area contributed by atoms with E-state index in [1.807, 2.05) is 0 Å². The number of rotatable bonds is 3. The monoisotopic (exact) mass is 210 g/mol. The van der Waals surface area contributed by atoms with E-state index in [1.165, 1.54) is 12.1 Å². The van der Waals surface area contributed by atoms with E-state index >= 15 is 0 Å². The molecule has 0 saturated carbocycles. The van der Waals surface area contributed by atoms with Crippen molar-refractivity contribution in [1.29, 1.82) is 0 Å². The van der Waals surface area contributed by atoms with Gasteiger partial charge in [0.1, 0.15) is 5.75 Å². The number of nitrogen functional groups attached to an aromatic ring is 1. The van der Waals surface area contributed by atoms with Crippen LogP contribution >= 0.6 is 0 Å². The molecular formula is C10H12NO4-. The maximum Gasteiger partial charge on any atom is 0.304 e. The van der Waals surface area contributed by atoms with Crippen molar-refractivity contribution in [3.8, 4) is 5.75 Å². The fourth-order valence-electron chi connectivity index (χ4n) is 1.03. The van der Waals surface area contributed by atoms with E-state index in [4.69, 9.17) is 10.5 Å². The number of carbonyl (C=O) groups excluding carboxylic acids is 1. The summed E-state index contributed by atoms with van der Waals surface area (Å²) in [5, 5.41) is 11.5. The van der Waals surface area contributed by atoms with Gasteiger partial charge in [-0.25, -0.2) is 0 Å². The highest BCUT2D eigenvalue weighted by Crippen LogP contribution is 2.17. The zero-order valence-electron chi connectivity index (χ0n) is 8.52. The lowest BCUT2D eigenvalue weighted by Gasteiger charge is -2.35. The van der Waals surface area contributed by atoms with E-state index in [0.717, 1.165) is 13.8 Å². The van der Waals surface area contributed by atoms with Crippen LogP contribution in [0.15, 0.2) is 24.3 Å². The minimum atomic E-state index is -2.22. The lowest BCUT2D eigenvalue weighted by molar-refractivity contribution is -0.597. The summed E-state index contributed by atoms with van der Waals surface area (Å²) in [5.74, 6) is -2.62. The predicted molar refractivity (Wildman–Crippen MR) is 51.7 cm³/mol. The minimum absolute atomic E-state index is 0.294. The maximum absolute atomic E-state index is 11.5. The Morgan fingerprint density at radius 2 is 1.93 bits per heavy atom. The average molecular weight is 210 g/mol. The zero-order chi connectivity index (χ0) is 11.5. The third kappa shape index (κ3) is 3.86. The number of nitrogens with two attached hydrogens (primary N) is 1. The number of esters is 1. The molecule has 0 radical (unpaired) electrons. The Bertz CT molecular complexity index is 345. The number of benzene rings is 1. The Kier molecular flexibility index (Phi) is 3.16. The first-order valence-corrected chi connectivity index (χ1v) is 4.33. The van der Waals surface area contributed by atoms with Crippen LogP contribution in [-0.4, -0.2) is 11.9 Å². The molecule has 0 saturated heterocycles. The van der Waals surface area contributed by atoms with Crippen LogP contribution in [0.1, 0.15) is 13.8 Å². The highest BCUT2D eigenvalue weighted by Gasteiger charge is 2.15. The first-order valence-electron chi connectivity index (χ1n) is 4.33. The summed E-state index contributed by atoms with van der Waals surface area (Å²) in [6.45, 7) is 2.26. The Balaban J connectivity index is 2.68. The van der Waals surface area contributed by atoms with Crippen molar-refractivity contribution < 1.29 is 19.4 Å². The smallest absolute Gasteiger partial charge is 0.304 e. The molecule has 15 heavy (non-hydrogen) atoms. The number of ether oxygens (including phenoxy) is 2. The molecule has 0 heterocycles. The predicted octanol–water partition coefficient (Wildman–Crippen LogP) is 0.245. The van der Waals surface area contributed by atoms with Gasteiger partial charge in [-0.1, -0.05) is 0 Å². The van der Waals surface area contributed by atoms with Gasteiger partial charge in [0.15, 0.2) is 5.97 Å². The third-order valence-electron chi connectivity index (χ3n) is 1.51. The standard InChI is InChI=1S/C10H12NO4/c1-7(12)14-10(2,13)15-9-5-3-8(11)4-6-9/h3-6H,11H2,1-2H3/q-1. The molecule has 1 aromatic rings. The summed E-state index contributed by atoms with van der Waals surface area (Å²) >= 11 is 0. The van der Waals surface area contributed by atoms with Gasteiger partial charge in [0.25, 0.3) is 0 Å². The molecule has 0 fully saturated rings. The Morgan fingerprint density at radius 1 is 1.40 bits per heavy atom. The molecule has 1 rings (SSSR count). The van der Waals surface area contributed by atoms with E-state index in [0.29, 0.717) is 11.4 Å². The fraction of sp³-hybridized carbons (Fsp3) is 0.300. The van der Waals surface area contributed by atoms with Crippen LogP contribution in [0.25, 0.3) is 0 Å². The van der Waals surface area contributed by atoms with Gasteiger partial charge in [-0.15, -0.1) is 0 Å². The van der Waals surface area contributed by atoms with E-state index in [1.54, 1.807) is 12.1 Å². The van der Waals surface area contributed by atoms with Crippen molar-refractivity contribution in [2.24, 2.45) is 0 Å². The normalized spacial score (nSPS) is 14.1. The first-order chi connectivity index (χ1) is 6.89. The molecule has 1 aromatic carbocycles. The van der Waals surface area contributed by atoms with Gasteiger partial charge >= 0.3 is 5.97 Å². The summed E-state index contributed by atoms with van der Waals surface area (Å²) in [6, 6.07) is 6.21. The SMILES string of the molecule is CC(=O)OC(C)([O-])Oc1ccc(N)cc1. The molecule has 0 bridgehead atoms. The Hall–Kier alpha value is -1.75. The van der Waals surface area contributed by atoms with Gasteiger partial charge in [0.05, 0.1) is 0 Å². The summed E-state index contributed by atoms with van der Waals surface area (Å²) in [7, 11) is 0. The molecule has 0 aliphatic rings. The van der Waals surface area contributed by atoms with Crippen molar-refractivity contribution in [2.75, 3.05) is 5.73 Å². The number of hydrogen-bond donors (Lipinski definition) is 1. The van der Waals surface area contributed by atoms with Crippen LogP contribution in [0.3, 0.4) is 0 Å².